The van der Waals surface area contributed by atoms with Crippen LogP contribution in [-0.2, 0) is 6.42 Å². The van der Waals surface area contributed by atoms with Gasteiger partial charge in [-0.05, 0) is 54.2 Å². The van der Waals surface area contributed by atoms with E-state index in [4.69, 9.17) is 16.3 Å². The predicted octanol–water partition coefficient (Wildman–Crippen LogP) is 9.67. The third-order valence-electron chi connectivity index (χ3n) is 6.81. The Balaban J connectivity index is 1.42. The molecule has 6 heteroatoms. The van der Waals surface area contributed by atoms with E-state index in [1.54, 1.807) is 0 Å². The molecule has 0 fully saturated rings. The topological polar surface area (TPSA) is 47.4 Å². The fourth-order valence-electron chi connectivity index (χ4n) is 4.04. The Kier molecular flexibility index (Phi) is 13.1. The molecule has 0 saturated heterocycles. The molecule has 0 saturated carbocycles. The highest BCUT2D eigenvalue weighted by Crippen LogP contribution is 2.28. The summed E-state index contributed by atoms with van der Waals surface area (Å²) >= 11 is 7.88. The molecule has 200 valence electrons. The van der Waals surface area contributed by atoms with Crippen molar-refractivity contribution in [3.05, 3.63) is 59.7 Å². The lowest BCUT2D eigenvalue weighted by molar-refractivity contribution is 0.286. The standard InChI is InChI=1S/C31H42ClN3OS/c1-4-6-7-8-9-10-11-12-13-25-14-18-27(19-15-25)30-34-35-31(37-30)33-22-26-16-20-28(21-17-26)36-23-29(32)24(3)5-2/h14-22,24,29H,4-13,23H2,1-3H3/b33-22+/t24-,29+/m0/s1. The molecule has 0 spiro atoms. The summed E-state index contributed by atoms with van der Waals surface area (Å²) in [7, 11) is 0. The molecule has 4 nitrogen and oxygen atoms in total. The second kappa shape index (κ2) is 16.6. The Morgan fingerprint density at radius 2 is 1.57 bits per heavy atom. The fourth-order valence-corrected chi connectivity index (χ4v) is 4.97. The smallest absolute Gasteiger partial charge is 0.231 e. The summed E-state index contributed by atoms with van der Waals surface area (Å²) < 4.78 is 5.82. The molecule has 3 rings (SSSR count). The van der Waals surface area contributed by atoms with Gasteiger partial charge >= 0.3 is 0 Å². The lowest BCUT2D eigenvalue weighted by atomic mass is 10.0. The molecule has 2 atom stereocenters. The molecule has 0 bridgehead atoms. The van der Waals surface area contributed by atoms with Gasteiger partial charge in [0, 0.05) is 11.8 Å². The summed E-state index contributed by atoms with van der Waals surface area (Å²) in [6.45, 7) is 7.07. The van der Waals surface area contributed by atoms with Gasteiger partial charge in [-0.25, -0.2) is 4.99 Å². The first-order valence-corrected chi connectivity index (χ1v) is 15.2. The molecule has 0 unspecified atom stereocenters. The summed E-state index contributed by atoms with van der Waals surface area (Å²) in [5, 5.41) is 10.2. The van der Waals surface area contributed by atoms with Crippen molar-refractivity contribution in [2.45, 2.75) is 90.4 Å². The van der Waals surface area contributed by atoms with Crippen molar-refractivity contribution in [3.63, 3.8) is 0 Å². The zero-order chi connectivity index (χ0) is 26.3. The number of nitrogens with zero attached hydrogens (tertiary/aromatic N) is 3. The molecule has 0 radical (unpaired) electrons. The SMILES string of the molecule is CCCCCCCCCCc1ccc(-c2nnc(/N=C/c3ccc(OC[C@@H](Cl)[C@@H](C)CC)cc3)s2)cc1. The summed E-state index contributed by atoms with van der Waals surface area (Å²) in [5.41, 5.74) is 3.47. The van der Waals surface area contributed by atoms with Crippen molar-refractivity contribution in [1.82, 2.24) is 10.2 Å². The molecular weight excluding hydrogens is 498 g/mol. The third-order valence-corrected chi connectivity index (χ3v) is 8.25. The van der Waals surface area contributed by atoms with E-state index < -0.39 is 0 Å². The van der Waals surface area contributed by atoms with Gasteiger partial charge in [-0.15, -0.1) is 21.8 Å². The number of alkyl halides is 1. The minimum atomic E-state index is 0.0175. The van der Waals surface area contributed by atoms with Crippen molar-refractivity contribution >= 4 is 34.3 Å². The quantitative estimate of drug-likeness (QED) is 0.0973. The minimum absolute atomic E-state index is 0.0175. The number of halogens is 1. The van der Waals surface area contributed by atoms with Crippen LogP contribution in [0, 0.1) is 5.92 Å². The zero-order valence-corrected chi connectivity index (χ0v) is 24.2. The Morgan fingerprint density at radius 1 is 0.892 bits per heavy atom. The molecule has 0 amide bonds. The van der Waals surface area contributed by atoms with E-state index in [1.807, 2.05) is 30.5 Å². The summed E-state index contributed by atoms with van der Waals surface area (Å²) in [5.74, 6) is 1.25. The van der Waals surface area contributed by atoms with Crippen molar-refractivity contribution in [2.24, 2.45) is 10.9 Å². The number of unbranched alkanes of at least 4 members (excludes halogenated alkanes) is 7. The molecule has 1 aromatic heterocycles. The number of aryl methyl sites for hydroxylation is 1. The number of rotatable bonds is 17. The third kappa shape index (κ3) is 10.6. The van der Waals surface area contributed by atoms with Crippen molar-refractivity contribution in [1.29, 1.82) is 0 Å². The monoisotopic (exact) mass is 539 g/mol. The van der Waals surface area contributed by atoms with Crippen LogP contribution in [0.2, 0.25) is 0 Å². The maximum Gasteiger partial charge on any atom is 0.231 e. The minimum Gasteiger partial charge on any atom is -0.492 e. The lowest BCUT2D eigenvalue weighted by Gasteiger charge is -2.16. The first kappa shape index (κ1) is 29.3. The van der Waals surface area contributed by atoms with Crippen molar-refractivity contribution < 1.29 is 4.74 Å². The van der Waals surface area contributed by atoms with E-state index in [0.717, 1.165) is 34.7 Å². The molecule has 37 heavy (non-hydrogen) atoms. The number of aromatic nitrogens is 2. The van der Waals surface area contributed by atoms with Crippen LogP contribution in [0.1, 0.15) is 89.7 Å². The van der Waals surface area contributed by atoms with Crippen LogP contribution >= 0.6 is 22.9 Å². The van der Waals surface area contributed by atoms with Crippen LogP contribution < -0.4 is 4.74 Å². The number of hydrogen-bond acceptors (Lipinski definition) is 5. The summed E-state index contributed by atoms with van der Waals surface area (Å²) in [6, 6.07) is 16.6. The lowest BCUT2D eigenvalue weighted by Crippen LogP contribution is -2.19. The molecule has 2 aromatic carbocycles. The van der Waals surface area contributed by atoms with Crippen LogP contribution in [0.5, 0.6) is 5.75 Å². The molecule has 3 aromatic rings. The largest absolute Gasteiger partial charge is 0.492 e. The van der Waals surface area contributed by atoms with E-state index in [0.29, 0.717) is 17.7 Å². The van der Waals surface area contributed by atoms with Gasteiger partial charge in [-0.3, -0.25) is 0 Å². The van der Waals surface area contributed by atoms with E-state index >= 15 is 0 Å². The van der Waals surface area contributed by atoms with Gasteiger partial charge in [0.1, 0.15) is 17.4 Å². The highest BCUT2D eigenvalue weighted by Gasteiger charge is 2.13. The second-order valence-electron chi connectivity index (χ2n) is 9.85. The average Bonchev–Trinajstić information content (AvgIpc) is 3.41. The van der Waals surface area contributed by atoms with Crippen molar-refractivity contribution in [2.75, 3.05) is 6.61 Å². The molecular formula is C31H42ClN3OS. The van der Waals surface area contributed by atoms with Crippen LogP contribution in [0.4, 0.5) is 5.13 Å². The summed E-state index contributed by atoms with van der Waals surface area (Å²) in [6.07, 6.45) is 14.8. The summed E-state index contributed by atoms with van der Waals surface area (Å²) in [4.78, 5) is 4.52. The first-order chi connectivity index (χ1) is 18.1. The number of aliphatic imine (C=N–C) groups is 1. The molecule has 0 aliphatic carbocycles. The van der Waals surface area contributed by atoms with Gasteiger partial charge < -0.3 is 4.74 Å². The van der Waals surface area contributed by atoms with Crippen LogP contribution in [-0.4, -0.2) is 28.4 Å². The molecule has 0 N–H and O–H groups in total. The van der Waals surface area contributed by atoms with E-state index in [1.165, 1.54) is 68.3 Å². The normalized spacial score (nSPS) is 13.2. The Labute approximate surface area is 232 Å². The maximum absolute atomic E-state index is 6.37. The van der Waals surface area contributed by atoms with Crippen molar-refractivity contribution in [3.8, 4) is 16.3 Å². The van der Waals surface area contributed by atoms with Crippen LogP contribution in [0.25, 0.3) is 10.6 Å². The van der Waals surface area contributed by atoms with E-state index in [2.05, 4.69) is 60.2 Å². The highest BCUT2D eigenvalue weighted by molar-refractivity contribution is 7.18. The van der Waals surface area contributed by atoms with Gasteiger partial charge in [-0.1, -0.05) is 108 Å². The first-order valence-electron chi connectivity index (χ1n) is 13.9. The van der Waals surface area contributed by atoms with Crippen LogP contribution in [0.3, 0.4) is 0 Å². The van der Waals surface area contributed by atoms with E-state index in [-0.39, 0.29) is 5.38 Å². The molecule has 0 aliphatic rings. The zero-order valence-electron chi connectivity index (χ0n) is 22.7. The van der Waals surface area contributed by atoms with E-state index in [9.17, 15) is 0 Å². The van der Waals surface area contributed by atoms with Gasteiger partial charge in [0.15, 0.2) is 0 Å². The average molecular weight is 540 g/mol. The number of ether oxygens (including phenoxy) is 1. The second-order valence-corrected chi connectivity index (χ2v) is 11.4. The predicted molar refractivity (Wildman–Crippen MR) is 160 cm³/mol. The van der Waals surface area contributed by atoms with Gasteiger partial charge in [0.25, 0.3) is 0 Å². The molecule has 0 aliphatic heterocycles. The van der Waals surface area contributed by atoms with Gasteiger partial charge in [0.2, 0.25) is 5.13 Å². The fraction of sp³-hybridized carbons (Fsp3) is 0.516. The maximum atomic E-state index is 6.37. The Bertz CT molecular complexity index is 1050. The highest BCUT2D eigenvalue weighted by atomic mass is 35.5. The van der Waals surface area contributed by atoms with Gasteiger partial charge in [-0.2, -0.15) is 0 Å². The van der Waals surface area contributed by atoms with Gasteiger partial charge in [0.05, 0.1) is 5.38 Å². The van der Waals surface area contributed by atoms with Crippen LogP contribution in [0.15, 0.2) is 53.5 Å². The Hall–Kier alpha value is -2.24. The molecule has 1 heterocycles. The number of hydrogen-bond donors (Lipinski definition) is 0. The number of benzene rings is 2. The Morgan fingerprint density at radius 3 is 2.24 bits per heavy atom.